The Hall–Kier alpha value is -1.17. The maximum absolute atomic E-state index is 4.85. The third-order valence-electron chi connectivity index (χ3n) is 1.84. The summed E-state index contributed by atoms with van der Waals surface area (Å²) in [6.07, 6.45) is 0. The fourth-order valence-electron chi connectivity index (χ4n) is 1.21. The fourth-order valence-corrected chi connectivity index (χ4v) is 2.26. The Morgan fingerprint density at radius 2 is 1.12 bits per heavy atom. The number of benzene rings is 2. The molecule has 0 atom stereocenters. The van der Waals surface area contributed by atoms with Crippen molar-refractivity contribution in [3.05, 3.63) is 60.7 Å². The average Bonchev–Trinajstić information content (AvgIpc) is 2.33. The smallest absolute Gasteiger partial charge is 0.0106 e. The van der Waals surface area contributed by atoms with Gasteiger partial charge in [-0.05, 0) is 17.2 Å². The van der Waals surface area contributed by atoms with E-state index in [2.05, 4.69) is 60.7 Å². The van der Waals surface area contributed by atoms with Crippen LogP contribution in [0.1, 0.15) is 6.92 Å². The summed E-state index contributed by atoms with van der Waals surface area (Å²) in [5.74, 6) is 0. The molecule has 0 fully saturated rings. The van der Waals surface area contributed by atoms with E-state index >= 15 is 0 Å². The van der Waals surface area contributed by atoms with E-state index in [1.54, 1.807) is 0 Å². The molecule has 84 valence electrons. The largest absolute Gasteiger partial charge is 0.331 e. The molecule has 1 nitrogen and oxygen atoms in total. The fraction of sp³-hybridized carbons (Fsp3) is 0.143. The van der Waals surface area contributed by atoms with E-state index in [9.17, 15) is 0 Å². The highest BCUT2D eigenvalue weighted by Crippen LogP contribution is 2.08. The summed E-state index contributed by atoms with van der Waals surface area (Å²) >= 11 is 0. The second-order valence-electron chi connectivity index (χ2n) is 3.27. The highest BCUT2D eigenvalue weighted by molar-refractivity contribution is 7.55. The van der Waals surface area contributed by atoms with Gasteiger partial charge in [0.1, 0.15) is 0 Å². The van der Waals surface area contributed by atoms with Crippen LogP contribution in [0.3, 0.4) is 0 Å². The zero-order chi connectivity index (χ0) is 11.6. The van der Waals surface area contributed by atoms with Gasteiger partial charge in [-0.15, -0.1) is 0 Å². The van der Waals surface area contributed by atoms with Gasteiger partial charge in [0.25, 0.3) is 0 Å². The lowest BCUT2D eigenvalue weighted by molar-refractivity contribution is 1.14. The van der Waals surface area contributed by atoms with Gasteiger partial charge in [-0.2, -0.15) is 0 Å². The topological polar surface area (TPSA) is 26.0 Å². The van der Waals surface area contributed by atoms with Crippen LogP contribution in [-0.2, 0) is 0 Å². The van der Waals surface area contributed by atoms with Gasteiger partial charge in [0.2, 0.25) is 0 Å². The Morgan fingerprint density at radius 1 is 0.812 bits per heavy atom. The molecule has 0 spiro atoms. The Morgan fingerprint density at radius 3 is 1.44 bits per heavy atom. The summed E-state index contributed by atoms with van der Waals surface area (Å²) < 4.78 is 0. The second-order valence-corrected chi connectivity index (χ2v) is 4.67. The van der Waals surface area contributed by atoms with Gasteiger partial charge in [-0.3, -0.25) is 0 Å². The summed E-state index contributed by atoms with van der Waals surface area (Å²) in [6, 6.07) is 21.2. The Kier molecular flexibility index (Phi) is 6.48. The minimum Gasteiger partial charge on any atom is -0.331 e. The van der Waals surface area contributed by atoms with Crippen molar-refractivity contribution in [3.63, 3.8) is 0 Å². The molecule has 0 radical (unpaired) electrons. The molecule has 0 saturated carbocycles. The van der Waals surface area contributed by atoms with Crippen molar-refractivity contribution in [3.8, 4) is 0 Å². The van der Waals surface area contributed by atoms with E-state index in [-0.39, 0.29) is 0 Å². The van der Waals surface area contributed by atoms with Gasteiger partial charge >= 0.3 is 0 Å². The summed E-state index contributed by atoms with van der Waals surface area (Å²) in [6.45, 7) is 2.65. The predicted molar refractivity (Wildman–Crippen MR) is 75.2 cm³/mol. The molecule has 0 heterocycles. The van der Waals surface area contributed by atoms with Crippen LogP contribution in [0.15, 0.2) is 60.7 Å². The average molecular weight is 231 g/mol. The zero-order valence-corrected chi connectivity index (χ0v) is 10.6. The summed E-state index contributed by atoms with van der Waals surface area (Å²) in [5, 5.41) is 2.79. The van der Waals surface area contributed by atoms with E-state index in [4.69, 9.17) is 5.73 Å². The number of hydrogen-bond acceptors (Lipinski definition) is 1. The van der Waals surface area contributed by atoms with Gasteiger partial charge in [-0.25, -0.2) is 0 Å². The first-order chi connectivity index (χ1) is 7.86. The van der Waals surface area contributed by atoms with E-state index in [1.165, 1.54) is 10.6 Å². The molecular weight excluding hydrogens is 213 g/mol. The maximum Gasteiger partial charge on any atom is -0.0106 e. The number of hydrogen-bond donors (Lipinski definition) is 1. The van der Waals surface area contributed by atoms with E-state index in [0.29, 0.717) is 0 Å². The normalized spacial score (nSPS) is 9.12. The van der Waals surface area contributed by atoms with Crippen LogP contribution in [0, 0.1) is 0 Å². The van der Waals surface area contributed by atoms with Crippen LogP contribution >= 0.6 is 8.58 Å². The van der Waals surface area contributed by atoms with Gasteiger partial charge in [0.15, 0.2) is 0 Å². The van der Waals surface area contributed by atoms with Crippen LogP contribution in [0.25, 0.3) is 0 Å². The first kappa shape index (κ1) is 12.9. The van der Waals surface area contributed by atoms with E-state index in [0.717, 1.165) is 15.1 Å². The molecule has 2 N–H and O–H groups in total. The SMILES string of the molecule is CCN.c1ccc(Pc2ccccc2)cc1. The minimum atomic E-state index is 0.750. The quantitative estimate of drug-likeness (QED) is 0.788. The third-order valence-corrected chi connectivity index (χ3v) is 3.08. The van der Waals surface area contributed by atoms with Gasteiger partial charge in [0, 0.05) is 0 Å². The van der Waals surface area contributed by atoms with Gasteiger partial charge in [-0.1, -0.05) is 76.2 Å². The van der Waals surface area contributed by atoms with Crippen LogP contribution in [-0.4, -0.2) is 6.54 Å². The standard InChI is InChI=1S/C12H11P.C2H7N/c1-3-7-11(8-4-1)13-12-9-5-2-6-10-12;1-2-3/h1-10,13H;2-3H2,1H3. The van der Waals surface area contributed by atoms with Crippen molar-refractivity contribution in [2.75, 3.05) is 6.54 Å². The van der Waals surface area contributed by atoms with Crippen molar-refractivity contribution in [2.24, 2.45) is 5.73 Å². The maximum atomic E-state index is 4.85. The highest BCUT2D eigenvalue weighted by Gasteiger charge is 1.92. The highest BCUT2D eigenvalue weighted by atomic mass is 31.1. The monoisotopic (exact) mass is 231 g/mol. The Balaban J connectivity index is 0.000000386. The molecule has 0 aliphatic carbocycles. The molecule has 0 bridgehead atoms. The lowest BCUT2D eigenvalue weighted by atomic mass is 10.4. The number of rotatable bonds is 2. The molecule has 2 heteroatoms. The van der Waals surface area contributed by atoms with Gasteiger partial charge in [0.05, 0.1) is 0 Å². The van der Waals surface area contributed by atoms with Gasteiger partial charge < -0.3 is 5.73 Å². The van der Waals surface area contributed by atoms with Crippen molar-refractivity contribution in [1.82, 2.24) is 0 Å². The lowest BCUT2D eigenvalue weighted by Crippen LogP contribution is -2.01. The minimum absolute atomic E-state index is 0.750. The summed E-state index contributed by atoms with van der Waals surface area (Å²) in [5.41, 5.74) is 4.85. The summed E-state index contributed by atoms with van der Waals surface area (Å²) in [4.78, 5) is 0. The molecule has 2 aromatic rings. The Bertz CT molecular complexity index is 335. The molecule has 0 aliphatic heterocycles. The van der Waals surface area contributed by atoms with Crippen LogP contribution < -0.4 is 16.3 Å². The van der Waals surface area contributed by atoms with Crippen molar-refractivity contribution in [1.29, 1.82) is 0 Å². The molecule has 0 aliphatic rings. The van der Waals surface area contributed by atoms with Crippen molar-refractivity contribution in [2.45, 2.75) is 6.92 Å². The van der Waals surface area contributed by atoms with E-state index < -0.39 is 0 Å². The zero-order valence-electron chi connectivity index (χ0n) is 9.56. The number of nitrogens with two attached hydrogens (primary N) is 1. The van der Waals surface area contributed by atoms with Crippen molar-refractivity contribution < 1.29 is 0 Å². The third kappa shape index (κ3) is 5.06. The Labute approximate surface area is 99.5 Å². The molecule has 16 heavy (non-hydrogen) atoms. The lowest BCUT2D eigenvalue weighted by Gasteiger charge is -2.00. The molecule has 2 rings (SSSR count). The molecule has 0 aromatic heterocycles. The molecular formula is C14H18NP. The molecule has 2 aromatic carbocycles. The predicted octanol–water partition coefficient (Wildman–Crippen LogP) is 2.28. The molecule has 0 saturated heterocycles. The van der Waals surface area contributed by atoms with E-state index in [1.807, 2.05) is 6.92 Å². The molecule has 0 amide bonds. The van der Waals surface area contributed by atoms with Crippen LogP contribution in [0.2, 0.25) is 0 Å². The first-order valence-electron chi connectivity index (χ1n) is 5.44. The van der Waals surface area contributed by atoms with Crippen LogP contribution in [0.5, 0.6) is 0 Å². The first-order valence-corrected chi connectivity index (χ1v) is 6.44. The van der Waals surface area contributed by atoms with Crippen molar-refractivity contribution >= 4 is 19.2 Å². The molecule has 0 unspecified atom stereocenters. The second kappa shape index (κ2) is 8.04. The summed E-state index contributed by atoms with van der Waals surface area (Å²) in [7, 11) is 0.777. The van der Waals surface area contributed by atoms with Crippen LogP contribution in [0.4, 0.5) is 0 Å².